The standard InChI is InChI=1S/C30H26FN7O/c1-30(2,3)13-26(39)35-19-10-17(14-32-16-19)18-11-22-28(37-38-29(22)34-15-18)25-12-21-24(36-25)8-9-33-27(21)20-6-4-5-7-23(20)31/h4-12,14-16,36H,13H2,1-3H3,(H,35,39)(H,34,37,38). The lowest BCUT2D eigenvalue weighted by Gasteiger charge is -2.17. The second-order valence-electron chi connectivity index (χ2n) is 10.7. The molecule has 6 aromatic rings. The van der Waals surface area contributed by atoms with Crippen molar-refractivity contribution in [3.05, 3.63) is 79.1 Å². The monoisotopic (exact) mass is 519 g/mol. The van der Waals surface area contributed by atoms with Gasteiger partial charge in [-0.15, -0.1) is 0 Å². The van der Waals surface area contributed by atoms with E-state index in [-0.39, 0.29) is 17.1 Å². The Labute approximate surface area is 223 Å². The molecule has 6 rings (SSSR count). The van der Waals surface area contributed by atoms with Gasteiger partial charge in [-0.2, -0.15) is 5.10 Å². The van der Waals surface area contributed by atoms with Gasteiger partial charge in [0, 0.05) is 58.0 Å². The highest BCUT2D eigenvalue weighted by atomic mass is 19.1. The van der Waals surface area contributed by atoms with Crippen LogP contribution < -0.4 is 5.32 Å². The van der Waals surface area contributed by atoms with Crippen LogP contribution in [-0.4, -0.2) is 36.0 Å². The maximum atomic E-state index is 14.6. The van der Waals surface area contributed by atoms with E-state index in [1.165, 1.54) is 6.07 Å². The van der Waals surface area contributed by atoms with Crippen LogP contribution in [0.15, 0.2) is 73.3 Å². The van der Waals surface area contributed by atoms with Gasteiger partial charge in [-0.1, -0.05) is 32.9 Å². The van der Waals surface area contributed by atoms with E-state index in [1.54, 1.807) is 43.0 Å². The third-order valence-corrected chi connectivity index (χ3v) is 6.40. The molecule has 39 heavy (non-hydrogen) atoms. The summed E-state index contributed by atoms with van der Waals surface area (Å²) in [5.74, 6) is -0.387. The molecule has 0 unspecified atom stereocenters. The summed E-state index contributed by atoms with van der Waals surface area (Å²) in [6, 6.07) is 14.3. The van der Waals surface area contributed by atoms with Crippen molar-refractivity contribution < 1.29 is 9.18 Å². The van der Waals surface area contributed by atoms with Crippen molar-refractivity contribution >= 4 is 33.5 Å². The number of fused-ring (bicyclic) bond motifs is 2. The van der Waals surface area contributed by atoms with Crippen LogP contribution in [0, 0.1) is 11.2 Å². The number of hydrogen-bond donors (Lipinski definition) is 3. The number of hydrogen-bond acceptors (Lipinski definition) is 5. The van der Waals surface area contributed by atoms with Crippen LogP contribution in [0.3, 0.4) is 0 Å². The fraction of sp³-hybridized carbons (Fsp3) is 0.167. The zero-order valence-corrected chi connectivity index (χ0v) is 21.7. The average molecular weight is 520 g/mol. The van der Waals surface area contributed by atoms with Crippen LogP contribution in [0.4, 0.5) is 10.1 Å². The number of halogens is 1. The van der Waals surface area contributed by atoms with Crippen LogP contribution in [0.25, 0.3) is 55.7 Å². The molecule has 0 aliphatic carbocycles. The first-order chi connectivity index (χ1) is 18.7. The zero-order chi connectivity index (χ0) is 27.1. The minimum atomic E-state index is -0.327. The molecule has 9 heteroatoms. The fourth-order valence-corrected chi connectivity index (χ4v) is 4.67. The molecule has 8 nitrogen and oxygen atoms in total. The number of nitrogens with one attached hydrogen (secondary N) is 3. The average Bonchev–Trinajstić information content (AvgIpc) is 3.51. The van der Waals surface area contributed by atoms with Gasteiger partial charge in [0.25, 0.3) is 0 Å². The smallest absolute Gasteiger partial charge is 0.224 e. The highest BCUT2D eigenvalue weighted by molar-refractivity contribution is 6.00. The predicted molar refractivity (Wildman–Crippen MR) is 150 cm³/mol. The number of rotatable bonds is 5. The Balaban J connectivity index is 1.37. The first kappa shape index (κ1) is 24.4. The number of carbonyl (C=O) groups excluding carboxylic acids is 1. The van der Waals surface area contributed by atoms with Gasteiger partial charge in [0.1, 0.15) is 5.82 Å². The molecule has 194 valence electrons. The highest BCUT2D eigenvalue weighted by Crippen LogP contribution is 2.34. The minimum absolute atomic E-state index is 0.0600. The fourth-order valence-electron chi connectivity index (χ4n) is 4.67. The first-order valence-corrected chi connectivity index (χ1v) is 12.6. The van der Waals surface area contributed by atoms with Gasteiger partial charge in [-0.25, -0.2) is 9.37 Å². The lowest BCUT2D eigenvalue weighted by atomic mass is 9.92. The van der Waals surface area contributed by atoms with E-state index in [4.69, 9.17) is 0 Å². The number of nitrogens with zero attached hydrogens (tertiary/aromatic N) is 4. The number of anilines is 1. The van der Waals surface area contributed by atoms with Crippen molar-refractivity contribution in [1.82, 2.24) is 30.1 Å². The number of amides is 1. The van der Waals surface area contributed by atoms with E-state index in [2.05, 4.69) is 35.5 Å². The molecule has 5 aromatic heterocycles. The van der Waals surface area contributed by atoms with E-state index in [0.717, 1.165) is 38.8 Å². The number of carbonyl (C=O) groups is 1. The number of benzene rings is 1. The summed E-state index contributed by atoms with van der Waals surface area (Å²) in [5, 5.41) is 12.0. The molecule has 1 amide bonds. The van der Waals surface area contributed by atoms with Crippen LogP contribution >= 0.6 is 0 Å². The normalized spacial score (nSPS) is 11.8. The molecule has 1 aromatic carbocycles. The molecule has 0 fully saturated rings. The number of aromatic nitrogens is 6. The Morgan fingerprint density at radius 1 is 0.974 bits per heavy atom. The van der Waals surface area contributed by atoms with E-state index >= 15 is 0 Å². The third kappa shape index (κ3) is 4.86. The molecule has 0 aliphatic rings. The molecule has 0 bridgehead atoms. The first-order valence-electron chi connectivity index (χ1n) is 12.6. The van der Waals surface area contributed by atoms with Crippen molar-refractivity contribution in [3.8, 4) is 33.8 Å². The van der Waals surface area contributed by atoms with Gasteiger partial charge in [0.2, 0.25) is 5.91 Å². The van der Waals surface area contributed by atoms with Gasteiger partial charge < -0.3 is 10.3 Å². The Bertz CT molecular complexity index is 1850. The molecule has 0 atom stereocenters. The minimum Gasteiger partial charge on any atom is -0.353 e. The van der Waals surface area contributed by atoms with Crippen molar-refractivity contribution in [3.63, 3.8) is 0 Å². The summed E-state index contributed by atoms with van der Waals surface area (Å²) >= 11 is 0. The second kappa shape index (κ2) is 9.43. The lowest BCUT2D eigenvalue weighted by Crippen LogP contribution is -2.19. The molecule has 5 heterocycles. The van der Waals surface area contributed by atoms with Crippen molar-refractivity contribution in [2.24, 2.45) is 5.41 Å². The molecule has 0 saturated carbocycles. The molecule has 0 aliphatic heterocycles. The Hall–Kier alpha value is -4.92. The summed E-state index contributed by atoms with van der Waals surface area (Å²) in [6.07, 6.45) is 7.16. The van der Waals surface area contributed by atoms with E-state index < -0.39 is 0 Å². The van der Waals surface area contributed by atoms with Crippen molar-refractivity contribution in [2.45, 2.75) is 27.2 Å². The van der Waals surface area contributed by atoms with E-state index in [0.29, 0.717) is 29.0 Å². The molecule has 0 radical (unpaired) electrons. The number of aromatic amines is 2. The lowest BCUT2D eigenvalue weighted by molar-refractivity contribution is -0.117. The van der Waals surface area contributed by atoms with Crippen LogP contribution in [-0.2, 0) is 4.79 Å². The van der Waals surface area contributed by atoms with Gasteiger partial charge in [0.05, 0.1) is 29.0 Å². The zero-order valence-electron chi connectivity index (χ0n) is 21.7. The van der Waals surface area contributed by atoms with Gasteiger partial charge in [-0.05, 0) is 41.8 Å². The second-order valence-corrected chi connectivity index (χ2v) is 10.7. The van der Waals surface area contributed by atoms with Gasteiger partial charge in [-0.3, -0.25) is 19.9 Å². The summed E-state index contributed by atoms with van der Waals surface area (Å²) in [6.45, 7) is 6.07. The number of pyridine rings is 3. The third-order valence-electron chi connectivity index (χ3n) is 6.40. The van der Waals surface area contributed by atoms with Gasteiger partial charge in [0.15, 0.2) is 5.65 Å². The van der Waals surface area contributed by atoms with Crippen molar-refractivity contribution in [1.29, 1.82) is 0 Å². The molecular weight excluding hydrogens is 493 g/mol. The van der Waals surface area contributed by atoms with Crippen LogP contribution in [0.5, 0.6) is 0 Å². The molecule has 0 spiro atoms. The SMILES string of the molecule is CC(C)(C)CC(=O)Nc1cncc(-c2cnc3n[nH]c(-c4cc5c(-c6ccccc6F)nccc5[nH]4)c3c2)c1. The summed E-state index contributed by atoms with van der Waals surface area (Å²) in [7, 11) is 0. The van der Waals surface area contributed by atoms with Crippen LogP contribution in [0.1, 0.15) is 27.2 Å². The topological polar surface area (TPSA) is 112 Å². The number of H-pyrrole nitrogens is 2. The van der Waals surface area contributed by atoms with Crippen molar-refractivity contribution in [2.75, 3.05) is 5.32 Å². The van der Waals surface area contributed by atoms with Crippen LogP contribution in [0.2, 0.25) is 0 Å². The van der Waals surface area contributed by atoms with E-state index in [9.17, 15) is 9.18 Å². The maximum Gasteiger partial charge on any atom is 0.224 e. The summed E-state index contributed by atoms with van der Waals surface area (Å²) < 4.78 is 14.6. The molecule has 3 N–H and O–H groups in total. The summed E-state index contributed by atoms with van der Waals surface area (Å²) in [5.41, 5.74) is 6.06. The predicted octanol–water partition coefficient (Wildman–Crippen LogP) is 6.74. The Morgan fingerprint density at radius 3 is 2.62 bits per heavy atom. The largest absolute Gasteiger partial charge is 0.353 e. The van der Waals surface area contributed by atoms with Gasteiger partial charge >= 0.3 is 0 Å². The maximum absolute atomic E-state index is 14.6. The molecule has 0 saturated heterocycles. The highest BCUT2D eigenvalue weighted by Gasteiger charge is 2.18. The summed E-state index contributed by atoms with van der Waals surface area (Å²) in [4.78, 5) is 29.2. The Kier molecular flexibility index (Phi) is 5.91. The molecular formula is C30H26FN7O. The van der Waals surface area contributed by atoms with E-state index in [1.807, 2.05) is 45.0 Å². The quantitative estimate of drug-likeness (QED) is 0.233. The Morgan fingerprint density at radius 2 is 1.79 bits per heavy atom.